The van der Waals surface area contributed by atoms with Crippen LogP contribution in [0, 0.1) is 0 Å². The van der Waals surface area contributed by atoms with E-state index >= 15 is 0 Å². The summed E-state index contributed by atoms with van der Waals surface area (Å²) in [4.78, 5) is 36.1. The Kier molecular flexibility index (Phi) is 5.70. The zero-order valence-electron chi connectivity index (χ0n) is 17.5. The number of hydrogen-bond acceptors (Lipinski definition) is 8. The number of urea groups is 1. The van der Waals surface area contributed by atoms with Crippen LogP contribution in [0.5, 0.6) is 0 Å². The Morgan fingerprint density at radius 2 is 2.09 bits per heavy atom. The van der Waals surface area contributed by atoms with Crippen LogP contribution in [0.25, 0.3) is 11.0 Å². The lowest BCUT2D eigenvalue weighted by Crippen LogP contribution is -2.50. The topological polar surface area (TPSA) is 155 Å². The molecule has 33 heavy (non-hydrogen) atoms. The molecule has 3 N–H and O–H groups in total. The maximum absolute atomic E-state index is 12.6. The molecule has 13 nitrogen and oxygen atoms in total. The van der Waals surface area contributed by atoms with Crippen molar-refractivity contribution in [3.05, 3.63) is 30.6 Å². The molecule has 3 saturated heterocycles. The van der Waals surface area contributed by atoms with E-state index in [2.05, 4.69) is 24.6 Å². The second-order valence-electron chi connectivity index (χ2n) is 8.42. The molecule has 3 amide bonds. The number of nitrogens with zero attached hydrogens (tertiary/aromatic N) is 4. The van der Waals surface area contributed by atoms with Gasteiger partial charge in [-0.25, -0.2) is 15.3 Å². The normalized spacial score (nSPS) is 27.5. The van der Waals surface area contributed by atoms with Crippen molar-refractivity contribution in [1.82, 2.24) is 30.3 Å². The highest BCUT2D eigenvalue weighted by Gasteiger charge is 2.49. The second kappa shape index (κ2) is 8.53. The van der Waals surface area contributed by atoms with Gasteiger partial charge in [-0.3, -0.25) is 14.2 Å². The van der Waals surface area contributed by atoms with Gasteiger partial charge in [0, 0.05) is 25.2 Å². The number of aromatic nitrogens is 2. The number of hydrogen-bond donors (Lipinski definition) is 3. The van der Waals surface area contributed by atoms with Gasteiger partial charge in [0.25, 0.3) is 5.91 Å². The summed E-state index contributed by atoms with van der Waals surface area (Å²) in [6.45, 7) is 1.12. The third-order valence-corrected chi connectivity index (χ3v) is 6.68. The van der Waals surface area contributed by atoms with Crippen LogP contribution in [0.3, 0.4) is 0 Å². The predicted octanol–water partition coefficient (Wildman–Crippen LogP) is -0.00990. The molecule has 5 rings (SSSR count). The number of imidazole rings is 1. The van der Waals surface area contributed by atoms with E-state index in [1.807, 2.05) is 30.6 Å². The van der Waals surface area contributed by atoms with Gasteiger partial charge in [-0.05, 0) is 31.4 Å². The number of para-hydroxylation sites is 2. The van der Waals surface area contributed by atoms with Gasteiger partial charge in [0.1, 0.15) is 6.04 Å². The Hall–Kier alpha value is -2.78. The zero-order valence-corrected chi connectivity index (χ0v) is 18.3. The molecule has 4 heterocycles. The molecule has 0 aliphatic carbocycles. The number of piperidine rings is 1. The van der Waals surface area contributed by atoms with E-state index in [9.17, 15) is 18.0 Å². The summed E-state index contributed by atoms with van der Waals surface area (Å²) < 4.78 is 37.3. The van der Waals surface area contributed by atoms with E-state index in [0.29, 0.717) is 17.9 Å². The van der Waals surface area contributed by atoms with Crippen molar-refractivity contribution in [3.63, 3.8) is 0 Å². The highest BCUT2D eigenvalue weighted by molar-refractivity contribution is 7.80. The smallest absolute Gasteiger partial charge is 0.326 e. The molecule has 0 radical (unpaired) electrons. The second-order valence-corrected chi connectivity index (χ2v) is 9.43. The van der Waals surface area contributed by atoms with Crippen LogP contribution in [-0.2, 0) is 24.3 Å². The molecule has 1 aromatic heterocycles. The molecule has 0 spiro atoms. The van der Waals surface area contributed by atoms with E-state index in [0.717, 1.165) is 24.0 Å². The van der Waals surface area contributed by atoms with Gasteiger partial charge in [-0.15, -0.1) is 4.28 Å². The lowest BCUT2D eigenvalue weighted by molar-refractivity contribution is -0.139. The SMILES string of the molecule is O=C(NOC[C@@H]1C[C@H](n2cnc3ccccc32)CN1)C1CCC2CN1C(=O)N2OS(=O)(=O)O. The van der Waals surface area contributed by atoms with Crippen LogP contribution < -0.4 is 10.8 Å². The van der Waals surface area contributed by atoms with Gasteiger partial charge in [0.15, 0.2) is 0 Å². The number of carbonyl (C=O) groups is 2. The van der Waals surface area contributed by atoms with E-state index in [1.54, 1.807) is 0 Å². The van der Waals surface area contributed by atoms with Gasteiger partial charge in [-0.1, -0.05) is 12.1 Å². The minimum Gasteiger partial charge on any atom is -0.326 e. The highest BCUT2D eigenvalue weighted by Crippen LogP contribution is 2.31. The lowest BCUT2D eigenvalue weighted by Gasteiger charge is -2.29. The fourth-order valence-corrected chi connectivity index (χ4v) is 5.18. The Labute approximate surface area is 189 Å². The first-order valence-corrected chi connectivity index (χ1v) is 12.0. The predicted molar refractivity (Wildman–Crippen MR) is 113 cm³/mol. The number of hydroxylamine groups is 3. The standard InChI is InChI=1S/C19H24N6O7S/c26-18(17-6-5-13-9-23(17)19(27)25(13)32-33(28,29)30)22-31-10-12-7-14(8-20-12)24-11-21-15-3-1-2-4-16(15)24/h1-4,11-14,17,20H,5-10H2,(H,22,26)(H,28,29,30)/t12-,13?,14-,17?/m0/s1. The number of benzene rings is 1. The third kappa shape index (κ3) is 4.39. The molecule has 0 saturated carbocycles. The summed E-state index contributed by atoms with van der Waals surface area (Å²) in [6.07, 6.45) is 3.29. The highest BCUT2D eigenvalue weighted by atomic mass is 32.3. The molecule has 178 valence electrons. The minimum absolute atomic E-state index is 0.0271. The Morgan fingerprint density at radius 1 is 1.27 bits per heavy atom. The van der Waals surface area contributed by atoms with Crippen molar-refractivity contribution >= 4 is 33.4 Å². The zero-order chi connectivity index (χ0) is 23.2. The van der Waals surface area contributed by atoms with Crippen molar-refractivity contribution in [3.8, 4) is 0 Å². The Balaban J connectivity index is 1.12. The van der Waals surface area contributed by atoms with Crippen molar-refractivity contribution in [2.24, 2.45) is 0 Å². The van der Waals surface area contributed by atoms with Gasteiger partial charge < -0.3 is 14.8 Å². The van der Waals surface area contributed by atoms with E-state index < -0.39 is 34.4 Å². The molecule has 2 aromatic rings. The number of nitrogens with one attached hydrogen (secondary N) is 2. The fraction of sp³-hybridized carbons (Fsp3) is 0.526. The van der Waals surface area contributed by atoms with Crippen molar-refractivity contribution in [2.45, 2.75) is 43.4 Å². The van der Waals surface area contributed by atoms with Crippen LogP contribution in [0.2, 0.25) is 0 Å². The van der Waals surface area contributed by atoms with Crippen LogP contribution in [0.15, 0.2) is 30.6 Å². The monoisotopic (exact) mass is 480 g/mol. The molecule has 3 aliphatic rings. The maximum atomic E-state index is 12.6. The van der Waals surface area contributed by atoms with E-state index in [-0.39, 0.29) is 25.2 Å². The van der Waals surface area contributed by atoms with Gasteiger partial charge in [-0.2, -0.15) is 13.5 Å². The molecular formula is C19H24N6O7S. The Bertz CT molecular complexity index is 1170. The van der Waals surface area contributed by atoms with Crippen LogP contribution >= 0.6 is 0 Å². The molecule has 14 heteroatoms. The largest absolute Gasteiger partial charge is 0.418 e. The fourth-order valence-electron chi connectivity index (χ4n) is 4.79. The summed E-state index contributed by atoms with van der Waals surface area (Å²) in [7, 11) is -4.83. The summed E-state index contributed by atoms with van der Waals surface area (Å²) in [6, 6.07) is 6.02. The van der Waals surface area contributed by atoms with Crippen molar-refractivity contribution in [2.75, 3.05) is 19.7 Å². The molecule has 1 aromatic carbocycles. The number of amides is 3. The number of rotatable bonds is 7. The van der Waals surface area contributed by atoms with Crippen LogP contribution in [0.4, 0.5) is 4.79 Å². The van der Waals surface area contributed by atoms with Crippen LogP contribution in [-0.4, -0.2) is 82.2 Å². The summed E-state index contributed by atoms with van der Waals surface area (Å²) >= 11 is 0. The van der Waals surface area contributed by atoms with Crippen LogP contribution in [0.1, 0.15) is 25.3 Å². The van der Waals surface area contributed by atoms with E-state index in [1.165, 1.54) is 4.90 Å². The third-order valence-electron chi connectivity index (χ3n) is 6.33. The average molecular weight is 481 g/mol. The summed E-state index contributed by atoms with van der Waals surface area (Å²) in [5.41, 5.74) is 4.41. The summed E-state index contributed by atoms with van der Waals surface area (Å²) in [5.74, 6) is -0.495. The molecule has 3 fully saturated rings. The van der Waals surface area contributed by atoms with E-state index in [4.69, 9.17) is 9.39 Å². The first-order valence-electron chi connectivity index (χ1n) is 10.6. The average Bonchev–Trinajstić information content (AvgIpc) is 3.47. The van der Waals surface area contributed by atoms with Crippen molar-refractivity contribution in [1.29, 1.82) is 0 Å². The van der Waals surface area contributed by atoms with Crippen molar-refractivity contribution < 1.29 is 31.7 Å². The minimum atomic E-state index is -4.83. The molecular weight excluding hydrogens is 456 g/mol. The quantitative estimate of drug-likeness (QED) is 0.366. The number of fused-ring (bicyclic) bond motifs is 3. The Morgan fingerprint density at radius 3 is 2.91 bits per heavy atom. The number of carbonyl (C=O) groups excluding carboxylic acids is 2. The maximum Gasteiger partial charge on any atom is 0.418 e. The first-order chi connectivity index (χ1) is 15.8. The molecule has 2 unspecified atom stereocenters. The van der Waals surface area contributed by atoms with Gasteiger partial charge in [0.05, 0.1) is 30.0 Å². The molecule has 4 atom stereocenters. The van der Waals surface area contributed by atoms with Gasteiger partial charge >= 0.3 is 16.4 Å². The van der Waals surface area contributed by atoms with Gasteiger partial charge in [0.2, 0.25) is 0 Å². The first kappa shape index (κ1) is 22.0. The molecule has 2 bridgehead atoms. The lowest BCUT2D eigenvalue weighted by atomic mass is 10.0. The molecule has 3 aliphatic heterocycles. The summed E-state index contributed by atoms with van der Waals surface area (Å²) in [5, 5.41) is 3.98.